The van der Waals surface area contributed by atoms with Gasteiger partial charge in [-0.2, -0.15) is 0 Å². The van der Waals surface area contributed by atoms with Crippen molar-refractivity contribution < 1.29 is 14.4 Å². The fraction of sp³-hybridized carbons (Fsp3) is 0.625. The van der Waals surface area contributed by atoms with Crippen molar-refractivity contribution in [2.24, 2.45) is 11.5 Å². The summed E-state index contributed by atoms with van der Waals surface area (Å²) in [6.07, 6.45) is 19.3. The van der Waals surface area contributed by atoms with E-state index in [9.17, 15) is 14.4 Å². The number of amides is 3. The molecule has 2 aromatic carbocycles. The smallest absolute Gasteiger partial charge is 0.237 e. The molecule has 3 amide bonds. The van der Waals surface area contributed by atoms with Gasteiger partial charge in [-0.05, 0) is 43.2 Å². The third-order valence-corrected chi connectivity index (χ3v) is 8.93. The Morgan fingerprint density at radius 1 is 0.562 bits per heavy atom. The molecule has 0 saturated carbocycles. The molecule has 0 unspecified atom stereocenters. The molecule has 2 aromatic rings. The van der Waals surface area contributed by atoms with Crippen LogP contribution in [-0.2, 0) is 27.2 Å². The van der Waals surface area contributed by atoms with E-state index in [-0.39, 0.29) is 17.7 Å². The highest BCUT2D eigenvalue weighted by atomic mass is 16.2. The lowest BCUT2D eigenvalue weighted by molar-refractivity contribution is -0.131. The Morgan fingerprint density at radius 2 is 0.938 bits per heavy atom. The predicted octanol–water partition coefficient (Wildman–Crippen LogP) is 6.45. The van der Waals surface area contributed by atoms with Gasteiger partial charge in [0.15, 0.2) is 0 Å². The second-order valence-corrected chi connectivity index (χ2v) is 13.3. The van der Waals surface area contributed by atoms with Crippen LogP contribution in [0.25, 0.3) is 0 Å². The Morgan fingerprint density at radius 3 is 1.33 bits per heavy atom. The molecule has 0 fully saturated rings. The average molecular weight is 664 g/mol. The van der Waals surface area contributed by atoms with Crippen LogP contribution in [0.5, 0.6) is 0 Å². The Hall–Kier alpha value is -3.23. The first-order valence-corrected chi connectivity index (χ1v) is 18.8. The van der Waals surface area contributed by atoms with Crippen LogP contribution in [0, 0.1) is 0 Å². The molecule has 0 aliphatic carbocycles. The highest BCUT2D eigenvalue weighted by Gasteiger charge is 2.17. The number of carbonyl (C=O) groups is 3. The molecule has 0 saturated heterocycles. The number of nitrogens with two attached hydrogens (primary N) is 2. The molecule has 2 atom stereocenters. The summed E-state index contributed by atoms with van der Waals surface area (Å²) in [7, 11) is 0. The third-order valence-electron chi connectivity index (χ3n) is 8.93. The summed E-state index contributed by atoms with van der Waals surface area (Å²) in [4.78, 5) is 40.2. The molecule has 0 aliphatic rings. The summed E-state index contributed by atoms with van der Waals surface area (Å²) in [6.45, 7) is 4.26. The van der Waals surface area contributed by atoms with Gasteiger partial charge in [0.05, 0.1) is 12.1 Å². The number of nitrogens with one attached hydrogen (secondary N) is 2. The number of rotatable bonds is 28. The van der Waals surface area contributed by atoms with Crippen molar-refractivity contribution in [1.82, 2.24) is 15.5 Å². The summed E-state index contributed by atoms with van der Waals surface area (Å²) < 4.78 is 0. The first-order valence-electron chi connectivity index (χ1n) is 18.8. The van der Waals surface area contributed by atoms with Crippen molar-refractivity contribution in [2.45, 2.75) is 135 Å². The second kappa shape index (κ2) is 26.7. The Kier molecular flexibility index (Phi) is 22.8. The van der Waals surface area contributed by atoms with Gasteiger partial charge < -0.3 is 27.0 Å². The Bertz CT molecular complexity index is 1050. The van der Waals surface area contributed by atoms with Crippen LogP contribution in [0.2, 0.25) is 0 Å². The molecule has 8 nitrogen and oxygen atoms in total. The standard InChI is InChI=1S/C40H65N5O3/c1-2-3-4-5-6-7-8-9-10-11-12-13-20-27-38(46)45(30-21-28-43-39(47)36(41)32-34-23-16-14-17-24-34)31-22-29-44-40(48)37(42)33-35-25-18-15-19-26-35/h14-19,23-26,36-37H,2-13,20-22,27-33,41-42H2,1H3,(H,43,47)(H,44,48)/t36-,37-/m0/s1. The van der Waals surface area contributed by atoms with Crippen molar-refractivity contribution in [1.29, 1.82) is 0 Å². The van der Waals surface area contributed by atoms with E-state index < -0.39 is 12.1 Å². The van der Waals surface area contributed by atoms with Gasteiger partial charge in [-0.1, -0.05) is 145 Å². The van der Waals surface area contributed by atoms with Gasteiger partial charge in [0, 0.05) is 32.6 Å². The molecule has 0 aromatic heterocycles. The number of carbonyl (C=O) groups excluding carboxylic acids is 3. The van der Waals surface area contributed by atoms with Gasteiger partial charge in [-0.25, -0.2) is 0 Å². The molecule has 0 aliphatic heterocycles. The summed E-state index contributed by atoms with van der Waals surface area (Å²) in [6, 6.07) is 18.3. The van der Waals surface area contributed by atoms with Gasteiger partial charge in [0.2, 0.25) is 17.7 Å². The monoisotopic (exact) mass is 664 g/mol. The van der Waals surface area contributed by atoms with E-state index in [1.165, 1.54) is 70.6 Å². The van der Waals surface area contributed by atoms with Crippen molar-refractivity contribution in [2.75, 3.05) is 26.2 Å². The molecule has 8 heteroatoms. The zero-order valence-electron chi connectivity index (χ0n) is 29.8. The molecule has 0 radical (unpaired) electrons. The first-order chi connectivity index (χ1) is 23.4. The van der Waals surface area contributed by atoms with E-state index in [0.29, 0.717) is 58.3 Å². The number of hydrogen-bond donors (Lipinski definition) is 4. The van der Waals surface area contributed by atoms with Crippen LogP contribution >= 0.6 is 0 Å². The largest absolute Gasteiger partial charge is 0.355 e. The zero-order chi connectivity index (χ0) is 34.7. The molecular formula is C40H65N5O3. The molecule has 0 heterocycles. The lowest BCUT2D eigenvalue weighted by atomic mass is 10.0. The summed E-state index contributed by atoms with van der Waals surface area (Å²) in [5, 5.41) is 5.87. The summed E-state index contributed by atoms with van der Waals surface area (Å²) >= 11 is 0. The Balaban J connectivity index is 1.70. The molecule has 268 valence electrons. The maximum absolute atomic E-state index is 13.2. The summed E-state index contributed by atoms with van der Waals surface area (Å²) in [5.41, 5.74) is 14.3. The summed E-state index contributed by atoms with van der Waals surface area (Å²) in [5.74, 6) is -0.228. The van der Waals surface area contributed by atoms with E-state index in [2.05, 4.69) is 17.6 Å². The fourth-order valence-electron chi connectivity index (χ4n) is 5.96. The van der Waals surface area contributed by atoms with E-state index in [0.717, 1.165) is 24.0 Å². The van der Waals surface area contributed by atoms with E-state index in [1.807, 2.05) is 65.6 Å². The van der Waals surface area contributed by atoms with Crippen molar-refractivity contribution in [3.05, 3.63) is 71.8 Å². The fourth-order valence-corrected chi connectivity index (χ4v) is 5.96. The van der Waals surface area contributed by atoms with Crippen LogP contribution in [0.1, 0.15) is 121 Å². The first kappa shape index (κ1) is 40.9. The van der Waals surface area contributed by atoms with Gasteiger partial charge in [-0.15, -0.1) is 0 Å². The van der Waals surface area contributed by atoms with Gasteiger partial charge >= 0.3 is 0 Å². The lowest BCUT2D eigenvalue weighted by Gasteiger charge is -2.23. The van der Waals surface area contributed by atoms with Crippen molar-refractivity contribution >= 4 is 17.7 Å². The van der Waals surface area contributed by atoms with Crippen LogP contribution < -0.4 is 22.1 Å². The number of nitrogens with zero attached hydrogens (tertiary/aromatic N) is 1. The molecule has 2 rings (SSSR count). The van der Waals surface area contributed by atoms with Gasteiger partial charge in [0.25, 0.3) is 0 Å². The second-order valence-electron chi connectivity index (χ2n) is 13.3. The minimum absolute atomic E-state index is 0.136. The quantitative estimate of drug-likeness (QED) is 0.0778. The van der Waals surface area contributed by atoms with Crippen LogP contribution in [-0.4, -0.2) is 60.9 Å². The minimum atomic E-state index is -0.613. The van der Waals surface area contributed by atoms with Gasteiger partial charge in [-0.3, -0.25) is 14.4 Å². The topological polar surface area (TPSA) is 131 Å². The van der Waals surface area contributed by atoms with Crippen LogP contribution in [0.4, 0.5) is 0 Å². The average Bonchev–Trinajstić information content (AvgIpc) is 3.10. The van der Waals surface area contributed by atoms with Crippen molar-refractivity contribution in [3.8, 4) is 0 Å². The third kappa shape index (κ3) is 19.6. The molecular weight excluding hydrogens is 598 g/mol. The van der Waals surface area contributed by atoms with E-state index >= 15 is 0 Å². The van der Waals surface area contributed by atoms with E-state index in [4.69, 9.17) is 11.5 Å². The molecule has 0 spiro atoms. The molecule has 6 N–H and O–H groups in total. The van der Waals surface area contributed by atoms with E-state index in [1.54, 1.807) is 0 Å². The zero-order valence-corrected chi connectivity index (χ0v) is 29.8. The predicted molar refractivity (Wildman–Crippen MR) is 198 cm³/mol. The number of benzene rings is 2. The highest BCUT2D eigenvalue weighted by Crippen LogP contribution is 2.14. The highest BCUT2D eigenvalue weighted by molar-refractivity contribution is 5.82. The Labute approximate surface area is 291 Å². The maximum Gasteiger partial charge on any atom is 0.237 e. The lowest BCUT2D eigenvalue weighted by Crippen LogP contribution is -2.44. The van der Waals surface area contributed by atoms with Gasteiger partial charge in [0.1, 0.15) is 0 Å². The minimum Gasteiger partial charge on any atom is -0.355 e. The van der Waals surface area contributed by atoms with Crippen molar-refractivity contribution in [3.63, 3.8) is 0 Å². The van der Waals surface area contributed by atoms with Crippen LogP contribution in [0.3, 0.4) is 0 Å². The molecule has 0 bridgehead atoms. The van der Waals surface area contributed by atoms with Crippen LogP contribution in [0.15, 0.2) is 60.7 Å². The number of unbranched alkanes of at least 4 members (excludes halogenated alkanes) is 12. The maximum atomic E-state index is 13.2. The SMILES string of the molecule is CCCCCCCCCCCCCCCC(=O)N(CCCNC(=O)[C@@H](N)Cc1ccccc1)CCCNC(=O)[C@@H](N)Cc1ccccc1. The number of hydrogen-bond acceptors (Lipinski definition) is 5. The normalized spacial score (nSPS) is 12.3. The molecule has 48 heavy (non-hydrogen) atoms.